The van der Waals surface area contributed by atoms with Crippen LogP contribution in [0.2, 0.25) is 0 Å². The van der Waals surface area contributed by atoms with Crippen molar-refractivity contribution in [3.8, 4) is 0 Å². The minimum absolute atomic E-state index is 0.610. The molecule has 1 atom stereocenters. The molecular weight excluding hydrogens is 200 g/mol. The molecule has 1 saturated carbocycles. The first-order valence-electron chi connectivity index (χ1n) is 6.60. The van der Waals surface area contributed by atoms with Crippen LogP contribution in [0.1, 0.15) is 39.0 Å². The number of rotatable bonds is 5. The first kappa shape index (κ1) is 11.7. The van der Waals surface area contributed by atoms with Gasteiger partial charge in [0.2, 0.25) is 0 Å². The van der Waals surface area contributed by atoms with Crippen LogP contribution < -0.4 is 11.1 Å². The van der Waals surface area contributed by atoms with E-state index in [1.165, 1.54) is 45.2 Å². The molecule has 16 heavy (non-hydrogen) atoms. The second kappa shape index (κ2) is 5.53. The quantitative estimate of drug-likeness (QED) is 0.539. The number of nitrogens with two attached hydrogens (primary N) is 1. The van der Waals surface area contributed by atoms with Gasteiger partial charge in [0.05, 0.1) is 6.54 Å². The molecule has 0 bridgehead atoms. The summed E-state index contributed by atoms with van der Waals surface area (Å²) in [6.45, 7) is 5.55. The van der Waals surface area contributed by atoms with E-state index in [0.29, 0.717) is 18.0 Å². The highest BCUT2D eigenvalue weighted by Crippen LogP contribution is 2.19. The van der Waals surface area contributed by atoms with Gasteiger partial charge in [-0.05, 0) is 45.2 Å². The minimum atomic E-state index is 0.610. The Bertz CT molecular complexity index is 247. The van der Waals surface area contributed by atoms with Gasteiger partial charge in [-0.3, -0.25) is 9.89 Å². The Morgan fingerprint density at radius 1 is 1.44 bits per heavy atom. The van der Waals surface area contributed by atoms with Gasteiger partial charge in [-0.25, -0.2) is 0 Å². The topological polar surface area (TPSA) is 53.6 Å². The van der Waals surface area contributed by atoms with E-state index >= 15 is 0 Å². The van der Waals surface area contributed by atoms with Crippen LogP contribution >= 0.6 is 0 Å². The van der Waals surface area contributed by atoms with Crippen molar-refractivity contribution >= 4 is 5.96 Å². The maximum absolute atomic E-state index is 5.83. The molecule has 0 aromatic rings. The Morgan fingerprint density at radius 3 is 2.94 bits per heavy atom. The smallest absolute Gasteiger partial charge is 0.188 e. The summed E-state index contributed by atoms with van der Waals surface area (Å²) >= 11 is 0. The zero-order valence-electron chi connectivity index (χ0n) is 10.3. The summed E-state index contributed by atoms with van der Waals surface area (Å²) in [5.41, 5.74) is 5.83. The van der Waals surface area contributed by atoms with E-state index in [9.17, 15) is 0 Å². The van der Waals surface area contributed by atoms with Crippen LogP contribution in [-0.4, -0.2) is 42.6 Å². The average molecular weight is 224 g/mol. The van der Waals surface area contributed by atoms with Crippen LogP contribution in [0.15, 0.2) is 4.99 Å². The molecule has 92 valence electrons. The highest BCUT2D eigenvalue weighted by molar-refractivity contribution is 5.78. The molecule has 3 N–H and O–H groups in total. The fraction of sp³-hybridized carbons (Fsp3) is 0.917. The third kappa shape index (κ3) is 3.37. The number of hydrogen-bond acceptors (Lipinski definition) is 2. The fourth-order valence-electron chi connectivity index (χ4n) is 2.37. The molecule has 4 nitrogen and oxygen atoms in total. The molecule has 2 fully saturated rings. The van der Waals surface area contributed by atoms with E-state index in [1.807, 2.05) is 0 Å². The van der Waals surface area contributed by atoms with E-state index in [-0.39, 0.29) is 0 Å². The van der Waals surface area contributed by atoms with Gasteiger partial charge >= 0.3 is 0 Å². The van der Waals surface area contributed by atoms with Gasteiger partial charge in [0, 0.05) is 12.1 Å². The molecule has 0 amide bonds. The first-order chi connectivity index (χ1) is 7.79. The highest BCUT2D eigenvalue weighted by atomic mass is 15.2. The Labute approximate surface area is 98.3 Å². The predicted molar refractivity (Wildman–Crippen MR) is 67.5 cm³/mol. The van der Waals surface area contributed by atoms with Gasteiger partial charge in [0.15, 0.2) is 5.96 Å². The molecule has 1 saturated heterocycles. The number of hydrogen-bond donors (Lipinski definition) is 2. The number of likely N-dealkylation sites (tertiary alicyclic amines) is 1. The van der Waals surface area contributed by atoms with E-state index in [2.05, 4.69) is 22.1 Å². The summed E-state index contributed by atoms with van der Waals surface area (Å²) in [4.78, 5) is 7.01. The zero-order valence-corrected chi connectivity index (χ0v) is 10.3. The zero-order chi connectivity index (χ0) is 11.4. The summed E-state index contributed by atoms with van der Waals surface area (Å²) in [6.07, 6.45) is 6.33. The number of nitrogens with one attached hydrogen (secondary N) is 1. The lowest BCUT2D eigenvalue weighted by Crippen LogP contribution is -2.36. The van der Waals surface area contributed by atoms with Crippen molar-refractivity contribution in [1.82, 2.24) is 10.2 Å². The van der Waals surface area contributed by atoms with Crippen LogP contribution in [0.25, 0.3) is 0 Å². The SMILES string of the molecule is CCCN1CCC[C@H]1CN=C(N)NC1CC1. The van der Waals surface area contributed by atoms with Crippen LogP contribution in [0.3, 0.4) is 0 Å². The number of aliphatic imine (C=N–C) groups is 1. The van der Waals surface area contributed by atoms with Gasteiger partial charge in [0.1, 0.15) is 0 Å². The summed E-state index contributed by atoms with van der Waals surface area (Å²) in [5, 5.41) is 3.23. The molecular formula is C12H24N4. The lowest BCUT2D eigenvalue weighted by atomic mass is 10.2. The third-order valence-electron chi connectivity index (χ3n) is 3.41. The third-order valence-corrected chi connectivity index (χ3v) is 3.41. The number of guanidine groups is 1. The summed E-state index contributed by atoms with van der Waals surface area (Å²) in [5.74, 6) is 0.644. The monoisotopic (exact) mass is 224 g/mol. The molecule has 1 aliphatic carbocycles. The Kier molecular flexibility index (Phi) is 4.04. The van der Waals surface area contributed by atoms with Crippen molar-refractivity contribution in [2.75, 3.05) is 19.6 Å². The Morgan fingerprint density at radius 2 is 2.25 bits per heavy atom. The minimum Gasteiger partial charge on any atom is -0.370 e. The van der Waals surface area contributed by atoms with E-state index in [0.717, 1.165) is 6.54 Å². The van der Waals surface area contributed by atoms with Crippen LogP contribution in [0, 0.1) is 0 Å². The van der Waals surface area contributed by atoms with Gasteiger partial charge in [0.25, 0.3) is 0 Å². The van der Waals surface area contributed by atoms with Crippen molar-refractivity contribution in [3.05, 3.63) is 0 Å². The first-order valence-corrected chi connectivity index (χ1v) is 6.60. The normalized spacial score (nSPS) is 27.3. The van der Waals surface area contributed by atoms with Crippen molar-refractivity contribution in [2.24, 2.45) is 10.7 Å². The Balaban J connectivity index is 1.74. The second-order valence-electron chi connectivity index (χ2n) is 4.98. The van der Waals surface area contributed by atoms with E-state index in [1.54, 1.807) is 0 Å². The fourth-order valence-corrected chi connectivity index (χ4v) is 2.37. The lowest BCUT2D eigenvalue weighted by Gasteiger charge is -2.22. The molecule has 0 spiro atoms. The molecule has 2 aliphatic rings. The van der Waals surface area contributed by atoms with Crippen molar-refractivity contribution < 1.29 is 0 Å². The second-order valence-corrected chi connectivity index (χ2v) is 4.98. The highest BCUT2D eigenvalue weighted by Gasteiger charge is 2.24. The summed E-state index contributed by atoms with van der Waals surface area (Å²) in [7, 11) is 0. The van der Waals surface area contributed by atoms with Gasteiger partial charge in [-0.15, -0.1) is 0 Å². The maximum Gasteiger partial charge on any atom is 0.188 e. The molecule has 0 aromatic heterocycles. The summed E-state index contributed by atoms with van der Waals surface area (Å²) < 4.78 is 0. The Hall–Kier alpha value is -0.770. The van der Waals surface area contributed by atoms with Crippen LogP contribution in [0.5, 0.6) is 0 Å². The van der Waals surface area contributed by atoms with Crippen molar-refractivity contribution in [2.45, 2.75) is 51.1 Å². The molecule has 1 aliphatic heterocycles. The molecule has 4 heteroatoms. The standard InChI is InChI=1S/C12H24N4/c1-2-7-16-8-3-4-11(16)9-14-12(13)15-10-5-6-10/h10-11H,2-9H2,1H3,(H3,13,14,15)/t11-/m0/s1. The van der Waals surface area contributed by atoms with Crippen molar-refractivity contribution in [3.63, 3.8) is 0 Å². The van der Waals surface area contributed by atoms with E-state index in [4.69, 9.17) is 5.73 Å². The van der Waals surface area contributed by atoms with Crippen LogP contribution in [-0.2, 0) is 0 Å². The molecule has 1 heterocycles. The van der Waals surface area contributed by atoms with Gasteiger partial charge in [-0.1, -0.05) is 6.92 Å². The van der Waals surface area contributed by atoms with E-state index < -0.39 is 0 Å². The van der Waals surface area contributed by atoms with Gasteiger partial charge < -0.3 is 11.1 Å². The largest absolute Gasteiger partial charge is 0.370 e. The number of nitrogens with zero attached hydrogens (tertiary/aromatic N) is 2. The molecule has 0 radical (unpaired) electrons. The molecule has 0 aromatic carbocycles. The molecule has 2 rings (SSSR count). The summed E-state index contributed by atoms with van der Waals surface area (Å²) in [6, 6.07) is 1.23. The predicted octanol–water partition coefficient (Wildman–Crippen LogP) is 0.928. The van der Waals surface area contributed by atoms with Gasteiger partial charge in [-0.2, -0.15) is 0 Å². The maximum atomic E-state index is 5.83. The lowest BCUT2D eigenvalue weighted by molar-refractivity contribution is 0.259. The van der Waals surface area contributed by atoms with Crippen LogP contribution in [0.4, 0.5) is 0 Å². The average Bonchev–Trinajstić information content (AvgIpc) is 2.95. The molecule has 0 unspecified atom stereocenters. The van der Waals surface area contributed by atoms with Crippen molar-refractivity contribution in [1.29, 1.82) is 0 Å².